The molecule has 4 aliphatic rings. The van der Waals surface area contributed by atoms with Crippen LogP contribution in [0.4, 0.5) is 10.5 Å². The highest BCUT2D eigenvalue weighted by molar-refractivity contribution is 6.01. The van der Waals surface area contributed by atoms with Gasteiger partial charge < -0.3 is 26.0 Å². The van der Waals surface area contributed by atoms with Crippen molar-refractivity contribution in [2.75, 3.05) is 5.32 Å². The molecular weight excluding hydrogens is 584 g/mol. The standard InChI is InChI=1S/C35H48N6O5/c1-19(2)41-27(16-17-36-41)31(42)39-30(28(20-6-7-20)21-8-9-21)33(44)37-24-13-14-25-23(18-24)12-15-26(25)38-32(43)29(22-10-11-22)40-34(45)46-35(3,4)5/h13-14,16-22,26,28-30H,6-12,15H2,1-5H3,(H,37,44)(H,38,43)(H,39,42)(H,40,45)/t26-,29-,30+/m1/s1. The molecule has 0 unspecified atom stereocenters. The second-order valence-electron chi connectivity index (χ2n) is 14.9. The number of hydrogen-bond acceptors (Lipinski definition) is 6. The molecule has 0 aliphatic heterocycles. The molecule has 4 N–H and O–H groups in total. The third-order valence-electron chi connectivity index (χ3n) is 9.53. The minimum absolute atomic E-state index is 0.0199. The highest BCUT2D eigenvalue weighted by Crippen LogP contribution is 2.51. The van der Waals surface area contributed by atoms with E-state index < -0.39 is 23.8 Å². The van der Waals surface area contributed by atoms with Crippen LogP contribution >= 0.6 is 0 Å². The van der Waals surface area contributed by atoms with Crippen LogP contribution in [0.5, 0.6) is 0 Å². The van der Waals surface area contributed by atoms with E-state index >= 15 is 0 Å². The number of nitrogens with zero attached hydrogens (tertiary/aromatic N) is 2. The van der Waals surface area contributed by atoms with Gasteiger partial charge in [0.25, 0.3) is 5.91 Å². The summed E-state index contributed by atoms with van der Waals surface area (Å²) in [5.74, 6) is 0.445. The van der Waals surface area contributed by atoms with Crippen LogP contribution in [0.3, 0.4) is 0 Å². The van der Waals surface area contributed by atoms with Crippen LogP contribution in [0.25, 0.3) is 0 Å². The highest BCUT2D eigenvalue weighted by atomic mass is 16.6. The predicted octanol–water partition coefficient (Wildman–Crippen LogP) is 5.04. The molecule has 3 atom stereocenters. The van der Waals surface area contributed by atoms with Crippen LogP contribution in [-0.2, 0) is 20.7 Å². The molecule has 1 aromatic heterocycles. The first-order valence-electron chi connectivity index (χ1n) is 17.0. The average Bonchev–Trinajstić information content (AvgIpc) is 3.89. The molecule has 46 heavy (non-hydrogen) atoms. The number of carbonyl (C=O) groups is 4. The largest absolute Gasteiger partial charge is 0.444 e. The van der Waals surface area contributed by atoms with E-state index in [4.69, 9.17) is 4.74 Å². The molecule has 1 aromatic carbocycles. The minimum atomic E-state index is -0.647. The molecule has 1 heterocycles. The quantitative estimate of drug-likeness (QED) is 0.258. The van der Waals surface area contributed by atoms with Gasteiger partial charge in [0, 0.05) is 17.9 Å². The smallest absolute Gasteiger partial charge is 0.408 e. The molecule has 4 aliphatic carbocycles. The van der Waals surface area contributed by atoms with Crippen LogP contribution in [-0.4, -0.2) is 51.3 Å². The number of aromatic nitrogens is 2. The predicted molar refractivity (Wildman–Crippen MR) is 173 cm³/mol. The Morgan fingerprint density at radius 2 is 1.57 bits per heavy atom. The molecule has 11 nitrogen and oxygen atoms in total. The lowest BCUT2D eigenvalue weighted by Crippen LogP contribution is -2.50. The van der Waals surface area contributed by atoms with Crippen molar-refractivity contribution >= 4 is 29.5 Å². The Morgan fingerprint density at radius 1 is 0.891 bits per heavy atom. The minimum Gasteiger partial charge on any atom is -0.444 e. The normalized spacial score (nSPS) is 20.5. The maximum absolute atomic E-state index is 13.9. The lowest BCUT2D eigenvalue weighted by atomic mass is 9.88. The van der Waals surface area contributed by atoms with Crippen molar-refractivity contribution in [1.29, 1.82) is 0 Å². The van der Waals surface area contributed by atoms with Crippen LogP contribution in [0, 0.1) is 23.7 Å². The fourth-order valence-corrected chi connectivity index (χ4v) is 6.94. The van der Waals surface area contributed by atoms with Gasteiger partial charge in [0.15, 0.2) is 0 Å². The van der Waals surface area contributed by atoms with Crippen molar-refractivity contribution in [1.82, 2.24) is 25.7 Å². The summed E-state index contributed by atoms with van der Waals surface area (Å²) >= 11 is 0. The van der Waals surface area contributed by atoms with Crippen molar-refractivity contribution in [3.05, 3.63) is 47.3 Å². The van der Waals surface area contributed by atoms with Gasteiger partial charge in [-0.05, 0) is 139 Å². The third kappa shape index (κ3) is 7.56. The molecule has 3 fully saturated rings. The summed E-state index contributed by atoms with van der Waals surface area (Å²) in [6.45, 7) is 9.33. The topological polar surface area (TPSA) is 143 Å². The number of benzene rings is 1. The van der Waals surface area contributed by atoms with Crippen molar-refractivity contribution in [2.24, 2.45) is 23.7 Å². The highest BCUT2D eigenvalue weighted by Gasteiger charge is 2.48. The number of aryl methyl sites for hydroxylation is 1. The SMILES string of the molecule is CC(C)n1nccc1C(=O)N[C@H](C(=O)Nc1ccc2c(c1)CC[C@H]2NC(=O)[C@H](NC(=O)OC(C)(C)C)C1CC1)C(C1CC1)C1CC1. The summed E-state index contributed by atoms with van der Waals surface area (Å²) < 4.78 is 7.08. The van der Waals surface area contributed by atoms with Gasteiger partial charge in [0.05, 0.1) is 6.04 Å². The summed E-state index contributed by atoms with van der Waals surface area (Å²) in [5.41, 5.74) is 2.56. The van der Waals surface area contributed by atoms with Crippen LogP contribution in [0.15, 0.2) is 30.5 Å². The molecule has 0 spiro atoms. The molecule has 4 amide bonds. The van der Waals surface area contributed by atoms with Gasteiger partial charge in [-0.25, -0.2) is 4.79 Å². The summed E-state index contributed by atoms with van der Waals surface area (Å²) in [7, 11) is 0. The number of nitrogens with one attached hydrogen (secondary N) is 4. The molecule has 0 saturated heterocycles. The first-order valence-corrected chi connectivity index (χ1v) is 17.0. The van der Waals surface area contributed by atoms with E-state index in [1.165, 1.54) is 0 Å². The number of rotatable bonds is 12. The van der Waals surface area contributed by atoms with E-state index in [0.29, 0.717) is 23.2 Å². The zero-order valence-electron chi connectivity index (χ0n) is 27.6. The van der Waals surface area contributed by atoms with Gasteiger partial charge in [-0.3, -0.25) is 19.1 Å². The maximum Gasteiger partial charge on any atom is 0.408 e. The van der Waals surface area contributed by atoms with E-state index in [-0.39, 0.29) is 41.6 Å². The Bertz CT molecular complexity index is 1470. The monoisotopic (exact) mass is 632 g/mol. The Labute approximate surface area is 271 Å². The van der Waals surface area contributed by atoms with E-state index in [2.05, 4.69) is 26.4 Å². The number of anilines is 1. The zero-order chi connectivity index (χ0) is 32.7. The molecule has 0 bridgehead atoms. The molecule has 6 rings (SSSR count). The van der Waals surface area contributed by atoms with Crippen molar-refractivity contribution in [3.63, 3.8) is 0 Å². The van der Waals surface area contributed by atoms with E-state index in [1.807, 2.05) is 32.0 Å². The number of amides is 4. The summed E-state index contributed by atoms with van der Waals surface area (Å²) in [6.07, 6.45) is 8.66. The molecule has 0 radical (unpaired) electrons. The van der Waals surface area contributed by atoms with Crippen molar-refractivity contribution in [3.8, 4) is 0 Å². The fraction of sp³-hybridized carbons (Fsp3) is 0.629. The molecule has 11 heteroatoms. The second kappa shape index (κ2) is 12.7. The van der Waals surface area contributed by atoms with Crippen LogP contribution < -0.4 is 21.3 Å². The van der Waals surface area contributed by atoms with Gasteiger partial charge >= 0.3 is 6.09 Å². The fourth-order valence-electron chi connectivity index (χ4n) is 6.94. The van der Waals surface area contributed by atoms with E-state index in [0.717, 1.165) is 62.5 Å². The molecule has 3 saturated carbocycles. The summed E-state index contributed by atoms with van der Waals surface area (Å²) in [5, 5.41) is 16.5. The molecule has 248 valence electrons. The van der Waals surface area contributed by atoms with Gasteiger partial charge in [-0.2, -0.15) is 5.10 Å². The number of hydrogen-bond donors (Lipinski definition) is 4. The van der Waals surface area contributed by atoms with Gasteiger partial charge in [-0.15, -0.1) is 0 Å². The summed E-state index contributed by atoms with van der Waals surface area (Å²) in [4.78, 5) is 53.1. The van der Waals surface area contributed by atoms with Crippen molar-refractivity contribution in [2.45, 2.75) is 116 Å². The first-order chi connectivity index (χ1) is 21.9. The number of ether oxygens (including phenoxy) is 1. The Balaban J connectivity index is 1.13. The van der Waals surface area contributed by atoms with Gasteiger partial charge in [-0.1, -0.05) is 6.07 Å². The number of fused-ring (bicyclic) bond motifs is 1. The maximum atomic E-state index is 13.9. The van der Waals surface area contributed by atoms with Gasteiger partial charge in [0.2, 0.25) is 11.8 Å². The molecular formula is C35H48N6O5. The number of carbonyl (C=O) groups excluding carboxylic acids is 4. The zero-order valence-corrected chi connectivity index (χ0v) is 27.6. The molecule has 2 aromatic rings. The lowest BCUT2D eigenvalue weighted by molar-refractivity contribution is -0.124. The van der Waals surface area contributed by atoms with Crippen LogP contribution in [0.1, 0.15) is 113 Å². The van der Waals surface area contributed by atoms with Gasteiger partial charge in [0.1, 0.15) is 23.4 Å². The Morgan fingerprint density at radius 3 is 2.17 bits per heavy atom. The van der Waals surface area contributed by atoms with Crippen molar-refractivity contribution < 1.29 is 23.9 Å². The Hall–Kier alpha value is -3.89. The second-order valence-corrected chi connectivity index (χ2v) is 14.9. The summed E-state index contributed by atoms with van der Waals surface area (Å²) in [6, 6.07) is 6.08. The van der Waals surface area contributed by atoms with E-state index in [1.54, 1.807) is 37.7 Å². The average molecular weight is 633 g/mol. The lowest BCUT2D eigenvalue weighted by Gasteiger charge is -2.28. The van der Waals surface area contributed by atoms with Crippen LogP contribution in [0.2, 0.25) is 0 Å². The number of alkyl carbamates (subject to hydrolysis) is 1. The Kier molecular flexibility index (Phi) is 8.87. The van der Waals surface area contributed by atoms with E-state index in [9.17, 15) is 19.2 Å². The third-order valence-corrected chi connectivity index (χ3v) is 9.53. The first kappa shape index (κ1) is 32.1.